The van der Waals surface area contributed by atoms with Crippen molar-refractivity contribution in [2.45, 2.75) is 6.18 Å². The lowest BCUT2D eigenvalue weighted by Gasteiger charge is -2.08. The molecule has 0 radical (unpaired) electrons. The molecule has 0 spiro atoms. The molecule has 0 amide bonds. The Kier molecular flexibility index (Phi) is 4.23. The molecule has 94 valence electrons. The number of nitrogens with one attached hydrogen (secondary N) is 1. The van der Waals surface area contributed by atoms with E-state index in [1.54, 1.807) is 6.07 Å². The molecule has 0 atom stereocenters. The van der Waals surface area contributed by atoms with Crippen LogP contribution < -0.4 is 11.2 Å². The first kappa shape index (κ1) is 13.9. The highest BCUT2D eigenvalue weighted by molar-refractivity contribution is 7.82. The number of anilines is 1. The molecular formula is C10H7F3N4S. The molecular weight excluding hydrogens is 265 g/mol. The Morgan fingerprint density at radius 3 is 2.61 bits per heavy atom. The molecule has 0 aromatic heterocycles. The fourth-order valence-corrected chi connectivity index (χ4v) is 1.11. The van der Waals surface area contributed by atoms with Crippen molar-refractivity contribution in [3.63, 3.8) is 0 Å². The first-order valence-corrected chi connectivity index (χ1v) is 4.96. The highest BCUT2D eigenvalue weighted by Crippen LogP contribution is 2.30. The second kappa shape index (κ2) is 5.46. The van der Waals surface area contributed by atoms with Crippen molar-refractivity contribution in [1.29, 1.82) is 5.26 Å². The SMILES string of the molecule is N#C/C(=N/Nc1cccc(C(F)(F)F)c1)C(N)=S. The van der Waals surface area contributed by atoms with Crippen molar-refractivity contribution in [1.82, 2.24) is 0 Å². The zero-order chi connectivity index (χ0) is 13.8. The van der Waals surface area contributed by atoms with Crippen molar-refractivity contribution < 1.29 is 13.2 Å². The van der Waals surface area contributed by atoms with Gasteiger partial charge in [-0.2, -0.15) is 23.5 Å². The van der Waals surface area contributed by atoms with Crippen LogP contribution in [0.2, 0.25) is 0 Å². The van der Waals surface area contributed by atoms with Gasteiger partial charge in [-0.15, -0.1) is 0 Å². The molecule has 1 aromatic rings. The van der Waals surface area contributed by atoms with Crippen LogP contribution in [0.3, 0.4) is 0 Å². The number of alkyl halides is 3. The fraction of sp³-hybridized carbons (Fsp3) is 0.100. The molecule has 0 heterocycles. The monoisotopic (exact) mass is 272 g/mol. The second-order valence-electron chi connectivity index (χ2n) is 3.13. The highest BCUT2D eigenvalue weighted by atomic mass is 32.1. The molecule has 18 heavy (non-hydrogen) atoms. The lowest BCUT2D eigenvalue weighted by molar-refractivity contribution is -0.137. The van der Waals surface area contributed by atoms with Gasteiger partial charge in [-0.1, -0.05) is 18.3 Å². The summed E-state index contributed by atoms with van der Waals surface area (Å²) in [5, 5.41) is 12.1. The third kappa shape index (κ3) is 3.71. The zero-order valence-electron chi connectivity index (χ0n) is 8.82. The van der Waals surface area contributed by atoms with Crippen LogP contribution in [0.15, 0.2) is 29.4 Å². The van der Waals surface area contributed by atoms with E-state index < -0.39 is 11.7 Å². The number of rotatable bonds is 3. The van der Waals surface area contributed by atoms with Gasteiger partial charge in [-0.25, -0.2) is 0 Å². The number of hydrogen-bond acceptors (Lipinski definition) is 4. The summed E-state index contributed by atoms with van der Waals surface area (Å²) in [6, 6.07) is 5.98. The maximum absolute atomic E-state index is 12.4. The molecule has 3 N–H and O–H groups in total. The van der Waals surface area contributed by atoms with Gasteiger partial charge in [0.05, 0.1) is 11.3 Å². The summed E-state index contributed by atoms with van der Waals surface area (Å²) in [6.07, 6.45) is -4.44. The number of benzene rings is 1. The molecule has 0 saturated carbocycles. The van der Waals surface area contributed by atoms with E-state index in [4.69, 9.17) is 11.0 Å². The summed E-state index contributed by atoms with van der Waals surface area (Å²) in [4.78, 5) is -0.239. The lowest BCUT2D eigenvalue weighted by Crippen LogP contribution is -2.20. The van der Waals surface area contributed by atoms with E-state index in [0.29, 0.717) is 0 Å². The van der Waals surface area contributed by atoms with Gasteiger partial charge in [0.25, 0.3) is 0 Å². The minimum absolute atomic E-state index is 0.0776. The number of hydrogen-bond donors (Lipinski definition) is 2. The number of halogens is 3. The summed E-state index contributed by atoms with van der Waals surface area (Å²) in [5.74, 6) is 0. The number of hydrazone groups is 1. The van der Waals surface area contributed by atoms with Crippen molar-refractivity contribution in [2.75, 3.05) is 5.43 Å². The normalized spacial score (nSPS) is 11.8. The molecule has 1 rings (SSSR count). The molecule has 4 nitrogen and oxygen atoms in total. The largest absolute Gasteiger partial charge is 0.416 e. The average Bonchev–Trinajstić information content (AvgIpc) is 2.28. The van der Waals surface area contributed by atoms with E-state index in [9.17, 15) is 13.2 Å². The van der Waals surface area contributed by atoms with Crippen molar-refractivity contribution >= 4 is 28.6 Å². The van der Waals surface area contributed by atoms with E-state index in [1.807, 2.05) is 0 Å². The fourth-order valence-electron chi connectivity index (χ4n) is 1.02. The third-order valence-electron chi connectivity index (χ3n) is 1.83. The van der Waals surface area contributed by atoms with Crippen LogP contribution >= 0.6 is 12.2 Å². The predicted molar refractivity (Wildman–Crippen MR) is 64.9 cm³/mol. The van der Waals surface area contributed by atoms with E-state index in [1.165, 1.54) is 12.1 Å². The smallest absolute Gasteiger partial charge is 0.387 e. The molecule has 0 aliphatic rings. The van der Waals surface area contributed by atoms with Crippen LogP contribution in [-0.2, 0) is 6.18 Å². The quantitative estimate of drug-likeness (QED) is 0.503. The molecule has 8 heteroatoms. The Balaban J connectivity index is 2.94. The number of nitrogens with zero attached hydrogens (tertiary/aromatic N) is 2. The Bertz CT molecular complexity index is 531. The molecule has 0 aliphatic carbocycles. The molecule has 1 aromatic carbocycles. The highest BCUT2D eigenvalue weighted by Gasteiger charge is 2.30. The van der Waals surface area contributed by atoms with E-state index in [2.05, 4.69) is 22.7 Å². The van der Waals surface area contributed by atoms with Crippen LogP contribution in [0.1, 0.15) is 5.56 Å². The van der Waals surface area contributed by atoms with Crippen molar-refractivity contribution in [3.8, 4) is 6.07 Å². The van der Waals surface area contributed by atoms with Gasteiger partial charge >= 0.3 is 6.18 Å². The van der Waals surface area contributed by atoms with Gasteiger partial charge in [0.15, 0.2) is 5.71 Å². The first-order valence-electron chi connectivity index (χ1n) is 4.55. The number of nitrogens with two attached hydrogens (primary N) is 1. The van der Waals surface area contributed by atoms with E-state index in [0.717, 1.165) is 12.1 Å². The molecule has 0 aliphatic heterocycles. The van der Waals surface area contributed by atoms with Gasteiger partial charge in [0.1, 0.15) is 11.1 Å². The van der Waals surface area contributed by atoms with Crippen LogP contribution in [0.5, 0.6) is 0 Å². The van der Waals surface area contributed by atoms with Crippen molar-refractivity contribution in [2.24, 2.45) is 10.8 Å². The summed E-state index contributed by atoms with van der Waals surface area (Å²) >= 11 is 4.52. The average molecular weight is 272 g/mol. The van der Waals surface area contributed by atoms with Gasteiger partial charge < -0.3 is 5.73 Å². The maximum Gasteiger partial charge on any atom is 0.416 e. The third-order valence-corrected chi connectivity index (χ3v) is 2.02. The van der Waals surface area contributed by atoms with Gasteiger partial charge in [-0.05, 0) is 18.2 Å². The van der Waals surface area contributed by atoms with E-state index >= 15 is 0 Å². The van der Waals surface area contributed by atoms with Crippen LogP contribution in [0.4, 0.5) is 18.9 Å². The topological polar surface area (TPSA) is 74.2 Å². The second-order valence-corrected chi connectivity index (χ2v) is 3.57. The predicted octanol–water partition coefficient (Wildman–Crippen LogP) is 2.28. The van der Waals surface area contributed by atoms with E-state index in [-0.39, 0.29) is 16.4 Å². The van der Waals surface area contributed by atoms with Crippen LogP contribution in [0.25, 0.3) is 0 Å². The lowest BCUT2D eigenvalue weighted by atomic mass is 10.2. The molecule has 0 bridgehead atoms. The summed E-state index contributed by atoms with van der Waals surface area (Å²) < 4.78 is 37.2. The minimum atomic E-state index is -4.44. The Morgan fingerprint density at radius 2 is 2.11 bits per heavy atom. The van der Waals surface area contributed by atoms with Crippen LogP contribution in [-0.4, -0.2) is 10.7 Å². The van der Waals surface area contributed by atoms with Crippen LogP contribution in [0, 0.1) is 11.3 Å². The Labute approximate surface area is 106 Å². The zero-order valence-corrected chi connectivity index (χ0v) is 9.64. The standard InChI is InChI=1S/C10H7F3N4S/c11-10(12,13)6-2-1-3-7(4-6)16-17-8(5-14)9(15)18/h1-4,16H,(H2,15,18)/b17-8-. The molecule has 0 unspecified atom stereocenters. The molecule has 0 fully saturated rings. The van der Waals surface area contributed by atoms with Gasteiger partial charge in [0.2, 0.25) is 0 Å². The Morgan fingerprint density at radius 1 is 1.44 bits per heavy atom. The van der Waals surface area contributed by atoms with Crippen molar-refractivity contribution in [3.05, 3.63) is 29.8 Å². The summed E-state index contributed by atoms with van der Waals surface area (Å²) in [7, 11) is 0. The summed E-state index contributed by atoms with van der Waals surface area (Å²) in [6.45, 7) is 0. The number of nitriles is 1. The Hall–Kier alpha value is -2.14. The minimum Gasteiger partial charge on any atom is -0.387 e. The first-order chi connectivity index (χ1) is 8.34. The summed E-state index contributed by atoms with van der Waals surface area (Å²) in [5.41, 5.74) is 6.45. The number of thiocarbonyl (C=S) groups is 1. The van der Waals surface area contributed by atoms with Gasteiger partial charge in [-0.3, -0.25) is 5.43 Å². The molecule has 0 saturated heterocycles. The maximum atomic E-state index is 12.4. The van der Waals surface area contributed by atoms with Gasteiger partial charge in [0, 0.05) is 0 Å².